The highest BCUT2D eigenvalue weighted by molar-refractivity contribution is 7.17. The topological polar surface area (TPSA) is 149 Å². The fraction of sp³-hybridized carbons (Fsp3) is 0.346. The van der Waals surface area contributed by atoms with Crippen molar-refractivity contribution in [3.05, 3.63) is 67.8 Å². The van der Waals surface area contributed by atoms with Gasteiger partial charge in [0.25, 0.3) is 5.56 Å². The molecule has 5 rings (SSSR count). The third-order valence-corrected chi connectivity index (χ3v) is 7.22. The summed E-state index contributed by atoms with van der Waals surface area (Å²) in [6, 6.07) is 8.89. The lowest BCUT2D eigenvalue weighted by Crippen LogP contribution is -2.41. The summed E-state index contributed by atoms with van der Waals surface area (Å²) in [6.45, 7) is 2.35. The molecule has 204 valence electrons. The number of fused-ring (bicyclic) bond motifs is 2. The van der Waals surface area contributed by atoms with Gasteiger partial charge in [-0.15, -0.1) is 11.3 Å². The Morgan fingerprint density at radius 1 is 1.05 bits per heavy atom. The number of aromatic nitrogens is 4. The van der Waals surface area contributed by atoms with Crippen molar-refractivity contribution in [3.63, 3.8) is 0 Å². The first kappa shape index (κ1) is 26.2. The van der Waals surface area contributed by atoms with Gasteiger partial charge in [0, 0.05) is 31.3 Å². The molecule has 0 aliphatic carbocycles. The van der Waals surface area contributed by atoms with E-state index in [1.54, 1.807) is 17.5 Å². The minimum atomic E-state index is -0.541. The van der Waals surface area contributed by atoms with E-state index in [0.717, 1.165) is 11.3 Å². The molecule has 1 aromatic carbocycles. The average molecular weight is 553 g/mol. The minimum absolute atomic E-state index is 0.0784. The predicted molar refractivity (Wildman–Crippen MR) is 145 cm³/mol. The number of hydrogen-bond donors (Lipinski definition) is 3. The van der Waals surface area contributed by atoms with E-state index >= 15 is 0 Å². The van der Waals surface area contributed by atoms with E-state index in [4.69, 9.17) is 9.47 Å². The van der Waals surface area contributed by atoms with Gasteiger partial charge in [-0.3, -0.25) is 28.6 Å². The number of nitrogens with zero attached hydrogens (tertiary/aromatic N) is 3. The molecule has 0 fully saturated rings. The molecule has 12 nitrogen and oxygen atoms in total. The number of hydrogen-bond acceptors (Lipinski definition) is 8. The van der Waals surface area contributed by atoms with Crippen LogP contribution in [0.4, 0.5) is 5.82 Å². The summed E-state index contributed by atoms with van der Waals surface area (Å²) in [5.41, 5.74) is 1.23. The Morgan fingerprint density at radius 3 is 2.72 bits per heavy atom. The molecule has 1 aliphatic heterocycles. The summed E-state index contributed by atoms with van der Waals surface area (Å²) in [6.07, 6.45) is 2.15. The van der Waals surface area contributed by atoms with Crippen molar-refractivity contribution in [2.45, 2.75) is 52.2 Å². The highest BCUT2D eigenvalue weighted by atomic mass is 32.1. The number of aromatic amines is 1. The van der Waals surface area contributed by atoms with Crippen LogP contribution in [-0.4, -0.2) is 37.9 Å². The van der Waals surface area contributed by atoms with Crippen LogP contribution in [0, 0.1) is 6.92 Å². The fourth-order valence-electron chi connectivity index (χ4n) is 4.36. The standard InChI is InChI=1S/C26H28N6O6S/c1-16-11-21(30-29-16)28-23(34)14-32-18-8-10-39-24(18)25(35)31(26(32)36)9-4-2-3-5-22(33)27-13-17-6-7-19-20(12-17)38-15-37-19/h6-8,10-12H,2-5,9,13-15H2,1H3,(H,27,33)(H2,28,29,30,34). The minimum Gasteiger partial charge on any atom is -0.454 e. The van der Waals surface area contributed by atoms with E-state index in [2.05, 4.69) is 20.8 Å². The number of unbranched alkanes of at least 4 members (excludes halogenated alkanes) is 2. The van der Waals surface area contributed by atoms with Crippen LogP contribution in [-0.2, 0) is 29.2 Å². The van der Waals surface area contributed by atoms with Crippen LogP contribution in [0.1, 0.15) is 36.9 Å². The molecule has 3 aromatic heterocycles. The number of rotatable bonds is 11. The van der Waals surface area contributed by atoms with Gasteiger partial charge in [-0.05, 0) is 48.9 Å². The Morgan fingerprint density at radius 2 is 1.90 bits per heavy atom. The summed E-state index contributed by atoms with van der Waals surface area (Å²) in [5, 5.41) is 14.0. The van der Waals surface area contributed by atoms with Crippen molar-refractivity contribution in [2.75, 3.05) is 12.1 Å². The van der Waals surface area contributed by atoms with Crippen LogP contribution < -0.4 is 31.4 Å². The normalized spacial score (nSPS) is 12.1. The first-order chi connectivity index (χ1) is 18.9. The molecule has 0 bridgehead atoms. The monoisotopic (exact) mass is 552 g/mol. The number of H-pyrrole nitrogens is 1. The Bertz CT molecular complexity index is 1630. The lowest BCUT2D eigenvalue weighted by atomic mass is 10.1. The largest absolute Gasteiger partial charge is 0.454 e. The van der Waals surface area contributed by atoms with E-state index in [9.17, 15) is 19.2 Å². The number of aryl methyl sites for hydroxylation is 1. The maximum absolute atomic E-state index is 13.2. The van der Waals surface area contributed by atoms with Gasteiger partial charge in [-0.25, -0.2) is 4.79 Å². The second-order valence-corrected chi connectivity index (χ2v) is 10.1. The number of anilines is 1. The van der Waals surface area contributed by atoms with Gasteiger partial charge in [0.05, 0.1) is 5.52 Å². The number of carbonyl (C=O) groups is 2. The number of amides is 2. The molecule has 1 aliphatic rings. The summed E-state index contributed by atoms with van der Waals surface area (Å²) in [7, 11) is 0. The molecule has 0 atom stereocenters. The molecule has 4 aromatic rings. The SMILES string of the molecule is Cc1cc(NC(=O)Cn2c(=O)n(CCCCCC(=O)NCc3ccc4c(c3)OCO4)c(=O)c3sccc32)n[nH]1. The molecule has 0 saturated carbocycles. The zero-order valence-electron chi connectivity index (χ0n) is 21.3. The smallest absolute Gasteiger partial charge is 0.332 e. The van der Waals surface area contributed by atoms with Gasteiger partial charge >= 0.3 is 5.69 Å². The van der Waals surface area contributed by atoms with Crippen LogP contribution in [0.25, 0.3) is 10.2 Å². The molecular formula is C26H28N6O6S. The van der Waals surface area contributed by atoms with Crippen molar-refractivity contribution in [1.82, 2.24) is 24.6 Å². The van der Waals surface area contributed by atoms with Crippen LogP contribution >= 0.6 is 11.3 Å². The zero-order chi connectivity index (χ0) is 27.4. The number of ether oxygens (including phenoxy) is 2. The molecule has 4 heterocycles. The van der Waals surface area contributed by atoms with Gasteiger partial charge in [0.2, 0.25) is 18.6 Å². The molecule has 3 N–H and O–H groups in total. The Labute approximate surface area is 226 Å². The maximum Gasteiger partial charge on any atom is 0.332 e. The number of thiophene rings is 1. The summed E-state index contributed by atoms with van der Waals surface area (Å²) in [4.78, 5) is 51.0. The van der Waals surface area contributed by atoms with Crippen molar-refractivity contribution < 1.29 is 19.1 Å². The molecule has 0 unspecified atom stereocenters. The molecular weight excluding hydrogens is 524 g/mol. The average Bonchev–Trinajstić information content (AvgIpc) is 3.68. The first-order valence-corrected chi connectivity index (χ1v) is 13.4. The van der Waals surface area contributed by atoms with Gasteiger partial charge in [0.1, 0.15) is 11.2 Å². The lowest BCUT2D eigenvalue weighted by Gasteiger charge is -2.12. The van der Waals surface area contributed by atoms with Crippen LogP contribution in [0.5, 0.6) is 11.5 Å². The fourth-order valence-corrected chi connectivity index (χ4v) is 5.21. The van der Waals surface area contributed by atoms with E-state index in [1.165, 1.54) is 20.5 Å². The lowest BCUT2D eigenvalue weighted by molar-refractivity contribution is -0.121. The Balaban J connectivity index is 1.14. The third-order valence-electron chi connectivity index (χ3n) is 6.32. The summed E-state index contributed by atoms with van der Waals surface area (Å²) < 4.78 is 13.5. The van der Waals surface area contributed by atoms with Crippen LogP contribution in [0.3, 0.4) is 0 Å². The van der Waals surface area contributed by atoms with Crippen molar-refractivity contribution >= 4 is 39.2 Å². The molecule has 0 saturated heterocycles. The molecule has 0 spiro atoms. The summed E-state index contributed by atoms with van der Waals surface area (Å²) in [5.74, 6) is 1.23. The third kappa shape index (κ3) is 6.03. The Hall–Kier alpha value is -4.39. The van der Waals surface area contributed by atoms with E-state index < -0.39 is 11.6 Å². The molecule has 13 heteroatoms. The predicted octanol–water partition coefficient (Wildman–Crippen LogP) is 2.50. The van der Waals surface area contributed by atoms with Gasteiger partial charge in [-0.1, -0.05) is 12.5 Å². The van der Waals surface area contributed by atoms with Crippen LogP contribution in [0.2, 0.25) is 0 Å². The number of nitrogens with one attached hydrogen (secondary N) is 3. The highest BCUT2D eigenvalue weighted by Crippen LogP contribution is 2.32. The van der Waals surface area contributed by atoms with Crippen LogP contribution in [0.15, 0.2) is 45.3 Å². The van der Waals surface area contributed by atoms with Crippen molar-refractivity contribution in [1.29, 1.82) is 0 Å². The quantitative estimate of drug-likeness (QED) is 0.242. The zero-order valence-corrected chi connectivity index (χ0v) is 22.1. The van der Waals surface area contributed by atoms with Crippen molar-refractivity contribution in [3.8, 4) is 11.5 Å². The van der Waals surface area contributed by atoms with Gasteiger partial charge in [0.15, 0.2) is 17.3 Å². The van der Waals surface area contributed by atoms with Gasteiger partial charge in [-0.2, -0.15) is 5.10 Å². The van der Waals surface area contributed by atoms with Gasteiger partial charge < -0.3 is 20.1 Å². The second-order valence-electron chi connectivity index (χ2n) is 9.22. The Kier molecular flexibility index (Phi) is 7.77. The number of carbonyl (C=O) groups excluding carboxylic acids is 2. The summed E-state index contributed by atoms with van der Waals surface area (Å²) >= 11 is 1.23. The first-order valence-electron chi connectivity index (χ1n) is 12.6. The molecule has 0 radical (unpaired) electrons. The number of benzene rings is 1. The van der Waals surface area contributed by atoms with Crippen molar-refractivity contribution in [2.24, 2.45) is 0 Å². The highest BCUT2D eigenvalue weighted by Gasteiger charge is 2.17. The van der Waals surface area contributed by atoms with E-state index in [0.29, 0.717) is 59.8 Å². The molecule has 39 heavy (non-hydrogen) atoms. The second kappa shape index (κ2) is 11.6. The van der Waals surface area contributed by atoms with E-state index in [1.807, 2.05) is 25.1 Å². The maximum atomic E-state index is 13.2. The van der Waals surface area contributed by atoms with E-state index in [-0.39, 0.29) is 31.3 Å². The molecule has 2 amide bonds.